The summed E-state index contributed by atoms with van der Waals surface area (Å²) in [7, 11) is 0. The van der Waals surface area contributed by atoms with E-state index in [0.29, 0.717) is 10.0 Å². The largest absolute Gasteiger partial charge is 0.356 e. The molecule has 3 aromatic rings. The van der Waals surface area contributed by atoms with Gasteiger partial charge in [-0.1, -0.05) is 65.7 Å². The van der Waals surface area contributed by atoms with Crippen LogP contribution in [0, 0.1) is 0 Å². The highest BCUT2D eigenvalue weighted by Crippen LogP contribution is 2.42. The molecule has 24 heavy (non-hydrogen) atoms. The molecule has 0 unspecified atom stereocenters. The van der Waals surface area contributed by atoms with Crippen LogP contribution in [0.3, 0.4) is 0 Å². The van der Waals surface area contributed by atoms with E-state index in [0.717, 1.165) is 22.4 Å². The van der Waals surface area contributed by atoms with Crippen molar-refractivity contribution < 1.29 is 4.74 Å². The smallest absolute Gasteiger partial charge is 0.155 e. The maximum Gasteiger partial charge on any atom is 0.155 e. The first-order valence-corrected chi connectivity index (χ1v) is 8.48. The van der Waals surface area contributed by atoms with Crippen molar-refractivity contribution in [1.82, 2.24) is 0 Å². The number of hydrogen-bond donors (Lipinski definition) is 1. The van der Waals surface area contributed by atoms with Crippen LogP contribution in [-0.4, -0.2) is 0 Å². The number of benzene rings is 3. The molecule has 0 aromatic heterocycles. The Kier molecular flexibility index (Phi) is 4.19. The summed E-state index contributed by atoms with van der Waals surface area (Å²) < 4.78 is 6.37. The summed E-state index contributed by atoms with van der Waals surface area (Å²) in [4.78, 5) is 0. The minimum absolute atomic E-state index is 0.179. The van der Waals surface area contributed by atoms with E-state index >= 15 is 0 Å². The van der Waals surface area contributed by atoms with E-state index < -0.39 is 0 Å². The third-order valence-electron chi connectivity index (χ3n) is 4.13. The van der Waals surface area contributed by atoms with E-state index in [1.54, 1.807) is 0 Å². The fourth-order valence-corrected chi connectivity index (χ4v) is 3.26. The van der Waals surface area contributed by atoms with Gasteiger partial charge in [0.05, 0.1) is 0 Å². The number of nitrogens with one attached hydrogen (secondary N) is 1. The topological polar surface area (TPSA) is 21.3 Å². The first-order valence-electron chi connectivity index (χ1n) is 7.72. The van der Waals surface area contributed by atoms with Crippen molar-refractivity contribution in [2.24, 2.45) is 0 Å². The number of fused-ring (bicyclic) bond motifs is 1. The van der Waals surface area contributed by atoms with Crippen molar-refractivity contribution in [3.05, 3.63) is 99.5 Å². The summed E-state index contributed by atoms with van der Waals surface area (Å²) in [5.41, 5.74) is 4.20. The van der Waals surface area contributed by atoms with Gasteiger partial charge in [-0.3, -0.25) is 0 Å². The maximum absolute atomic E-state index is 6.37. The first-order chi connectivity index (χ1) is 11.7. The highest BCUT2D eigenvalue weighted by molar-refractivity contribution is 6.31. The SMILES string of the molecule is Clc1ccc([C@@H]2Nc3ccc(Cl)cc3[C@H](c3ccccc3)O2)cc1. The lowest BCUT2D eigenvalue weighted by Crippen LogP contribution is -2.25. The second-order valence-electron chi connectivity index (χ2n) is 5.73. The predicted molar refractivity (Wildman–Crippen MR) is 98.6 cm³/mol. The van der Waals surface area contributed by atoms with E-state index in [9.17, 15) is 0 Å². The van der Waals surface area contributed by atoms with Crippen molar-refractivity contribution in [3.8, 4) is 0 Å². The molecule has 4 heteroatoms. The molecule has 0 saturated heterocycles. The lowest BCUT2D eigenvalue weighted by Gasteiger charge is -2.34. The van der Waals surface area contributed by atoms with Gasteiger partial charge >= 0.3 is 0 Å². The lowest BCUT2D eigenvalue weighted by molar-refractivity contribution is 0.0157. The first kappa shape index (κ1) is 15.5. The van der Waals surface area contributed by atoms with E-state index in [1.165, 1.54) is 0 Å². The number of rotatable bonds is 2. The van der Waals surface area contributed by atoms with E-state index in [1.807, 2.05) is 60.7 Å². The molecule has 0 aliphatic carbocycles. The van der Waals surface area contributed by atoms with Crippen LogP contribution < -0.4 is 5.32 Å². The zero-order valence-corrected chi connectivity index (χ0v) is 14.3. The molecule has 2 atom stereocenters. The molecule has 0 amide bonds. The van der Waals surface area contributed by atoms with Crippen LogP contribution >= 0.6 is 23.2 Å². The Morgan fingerprint density at radius 2 is 1.46 bits per heavy atom. The average molecular weight is 356 g/mol. The molecular formula is C20H15Cl2NO. The Hall–Kier alpha value is -2.00. The fourth-order valence-electron chi connectivity index (χ4n) is 2.95. The van der Waals surface area contributed by atoms with Crippen molar-refractivity contribution in [1.29, 1.82) is 0 Å². The highest BCUT2D eigenvalue weighted by atomic mass is 35.5. The average Bonchev–Trinajstić information content (AvgIpc) is 2.62. The van der Waals surface area contributed by atoms with Crippen LogP contribution in [0.2, 0.25) is 10.0 Å². The molecule has 0 spiro atoms. The van der Waals surface area contributed by atoms with Gasteiger partial charge in [-0.15, -0.1) is 0 Å². The monoisotopic (exact) mass is 355 g/mol. The van der Waals surface area contributed by atoms with Crippen molar-refractivity contribution in [2.45, 2.75) is 12.3 Å². The van der Waals surface area contributed by atoms with Crippen LogP contribution in [0.4, 0.5) is 5.69 Å². The van der Waals surface area contributed by atoms with Gasteiger partial charge in [-0.25, -0.2) is 0 Å². The number of halogens is 2. The molecule has 1 N–H and O–H groups in total. The zero-order valence-electron chi connectivity index (χ0n) is 12.7. The third-order valence-corrected chi connectivity index (χ3v) is 4.62. The fraction of sp³-hybridized carbons (Fsp3) is 0.100. The predicted octanol–water partition coefficient (Wildman–Crippen LogP) is 6.22. The summed E-state index contributed by atoms with van der Waals surface area (Å²) in [5.74, 6) is 0. The summed E-state index contributed by atoms with van der Waals surface area (Å²) >= 11 is 12.2. The molecule has 1 aliphatic rings. The normalized spacial score (nSPS) is 19.4. The van der Waals surface area contributed by atoms with Crippen molar-refractivity contribution in [2.75, 3.05) is 5.32 Å². The van der Waals surface area contributed by atoms with Crippen LogP contribution in [0.15, 0.2) is 72.8 Å². The Labute approximate surface area is 151 Å². The maximum atomic E-state index is 6.37. The van der Waals surface area contributed by atoms with Gasteiger partial charge in [-0.2, -0.15) is 0 Å². The molecule has 120 valence electrons. The molecule has 0 radical (unpaired) electrons. The van der Waals surface area contributed by atoms with Crippen LogP contribution in [0.25, 0.3) is 0 Å². The highest BCUT2D eigenvalue weighted by Gasteiger charge is 2.29. The van der Waals surface area contributed by atoms with Gasteiger partial charge in [-0.05, 0) is 35.9 Å². The lowest BCUT2D eigenvalue weighted by atomic mass is 9.97. The molecule has 3 aromatic carbocycles. The molecule has 0 fully saturated rings. The van der Waals surface area contributed by atoms with E-state index in [-0.39, 0.29) is 12.3 Å². The number of anilines is 1. The van der Waals surface area contributed by atoms with Crippen molar-refractivity contribution in [3.63, 3.8) is 0 Å². The quantitative estimate of drug-likeness (QED) is 0.588. The standard InChI is InChI=1S/C20H15Cl2NO/c21-15-8-6-14(7-9-15)20-23-18-11-10-16(22)12-17(18)19(24-20)13-4-2-1-3-5-13/h1-12,19-20,23H/t19-,20+/m0/s1. The van der Waals surface area contributed by atoms with Gasteiger partial charge in [0.2, 0.25) is 0 Å². The Balaban J connectivity index is 1.77. The van der Waals surface area contributed by atoms with Gasteiger partial charge < -0.3 is 10.1 Å². The Morgan fingerprint density at radius 3 is 2.21 bits per heavy atom. The summed E-state index contributed by atoms with van der Waals surface area (Å²) in [5, 5.41) is 4.84. The van der Waals surface area contributed by atoms with Crippen LogP contribution in [0.5, 0.6) is 0 Å². The second kappa shape index (κ2) is 6.48. The molecule has 2 nitrogen and oxygen atoms in total. The minimum atomic E-state index is -0.249. The molecule has 0 saturated carbocycles. The second-order valence-corrected chi connectivity index (χ2v) is 6.61. The molecule has 0 bridgehead atoms. The molecular weight excluding hydrogens is 341 g/mol. The van der Waals surface area contributed by atoms with E-state index in [2.05, 4.69) is 17.4 Å². The van der Waals surface area contributed by atoms with Gasteiger partial charge in [0.1, 0.15) is 6.10 Å². The van der Waals surface area contributed by atoms with Gasteiger partial charge in [0.15, 0.2) is 6.23 Å². The van der Waals surface area contributed by atoms with E-state index in [4.69, 9.17) is 27.9 Å². The number of ether oxygens (including phenoxy) is 1. The number of hydrogen-bond acceptors (Lipinski definition) is 2. The van der Waals surface area contributed by atoms with Crippen LogP contribution in [0.1, 0.15) is 29.0 Å². The molecule has 1 heterocycles. The minimum Gasteiger partial charge on any atom is -0.356 e. The zero-order chi connectivity index (χ0) is 16.5. The van der Waals surface area contributed by atoms with Gasteiger partial charge in [0.25, 0.3) is 0 Å². The Morgan fingerprint density at radius 1 is 0.750 bits per heavy atom. The summed E-state index contributed by atoms with van der Waals surface area (Å²) in [6, 6.07) is 23.7. The summed E-state index contributed by atoms with van der Waals surface area (Å²) in [6.45, 7) is 0. The molecule has 4 rings (SSSR count). The summed E-state index contributed by atoms with van der Waals surface area (Å²) in [6.07, 6.45) is -0.428. The van der Waals surface area contributed by atoms with Gasteiger partial charge in [0, 0.05) is 26.9 Å². The molecule has 1 aliphatic heterocycles. The Bertz CT molecular complexity index is 849. The van der Waals surface area contributed by atoms with Crippen molar-refractivity contribution >= 4 is 28.9 Å². The van der Waals surface area contributed by atoms with Crippen LogP contribution in [-0.2, 0) is 4.74 Å². The third kappa shape index (κ3) is 3.01.